The summed E-state index contributed by atoms with van der Waals surface area (Å²) in [6.45, 7) is 2.34. The Morgan fingerprint density at radius 3 is 2.35 bits per heavy atom. The number of nitro groups is 1. The van der Waals surface area contributed by atoms with Gasteiger partial charge in [-0.2, -0.15) is 4.31 Å². The third kappa shape index (κ3) is 5.80. The van der Waals surface area contributed by atoms with Crippen LogP contribution >= 0.6 is 0 Å². The number of rotatable bonds is 7. The summed E-state index contributed by atoms with van der Waals surface area (Å²) in [5, 5.41) is 13.7. The molecule has 1 aliphatic heterocycles. The van der Waals surface area contributed by atoms with Gasteiger partial charge in [0.2, 0.25) is 10.0 Å². The number of hydrogen-bond donors (Lipinski definition) is 1. The lowest BCUT2D eigenvalue weighted by Gasteiger charge is -2.20. The Hall–Kier alpha value is -2.98. The number of nitrogens with zero attached hydrogens (tertiary/aromatic N) is 2. The summed E-state index contributed by atoms with van der Waals surface area (Å²) >= 11 is 0. The van der Waals surface area contributed by atoms with Gasteiger partial charge in [-0.3, -0.25) is 14.9 Å². The zero-order valence-corrected chi connectivity index (χ0v) is 18.1. The highest BCUT2D eigenvalue weighted by Crippen LogP contribution is 2.27. The van der Waals surface area contributed by atoms with Crippen LogP contribution in [0, 0.1) is 17.0 Å². The molecular weight excluding hydrogens is 422 g/mol. The first kappa shape index (κ1) is 22.7. The number of anilines is 1. The van der Waals surface area contributed by atoms with Crippen molar-refractivity contribution in [1.29, 1.82) is 0 Å². The first-order valence-corrected chi connectivity index (χ1v) is 11.5. The second-order valence-corrected chi connectivity index (χ2v) is 9.35. The number of carbonyl (C=O) groups is 1. The minimum Gasteiger partial charge on any atom is -0.477 e. The first-order valence-electron chi connectivity index (χ1n) is 10.1. The lowest BCUT2D eigenvalue weighted by atomic mass is 10.2. The highest BCUT2D eigenvalue weighted by atomic mass is 32.2. The molecule has 0 atom stereocenters. The summed E-state index contributed by atoms with van der Waals surface area (Å²) in [5.74, 6) is -0.511. The van der Waals surface area contributed by atoms with E-state index in [1.54, 1.807) is 13.0 Å². The molecule has 9 nitrogen and oxygen atoms in total. The molecule has 166 valence electrons. The number of carbonyl (C=O) groups excluding carboxylic acids is 1. The highest BCUT2D eigenvalue weighted by molar-refractivity contribution is 7.89. The largest absolute Gasteiger partial charge is 0.477 e. The van der Waals surface area contributed by atoms with Gasteiger partial charge in [-0.05, 0) is 55.7 Å². The lowest BCUT2D eigenvalue weighted by molar-refractivity contribution is -0.385. The number of nitrogens with one attached hydrogen (secondary N) is 1. The maximum absolute atomic E-state index is 12.8. The maximum atomic E-state index is 12.8. The van der Waals surface area contributed by atoms with Crippen molar-refractivity contribution < 1.29 is 22.9 Å². The zero-order valence-electron chi connectivity index (χ0n) is 17.2. The van der Waals surface area contributed by atoms with Crippen LogP contribution in [0.4, 0.5) is 11.4 Å². The fourth-order valence-electron chi connectivity index (χ4n) is 3.37. The third-order valence-electron chi connectivity index (χ3n) is 5.01. The van der Waals surface area contributed by atoms with Crippen LogP contribution in [0.2, 0.25) is 0 Å². The Labute approximate surface area is 181 Å². The SMILES string of the molecule is Cc1ccc(OCC(=O)Nc2ccc(S(=O)(=O)N3CCCCCC3)cc2)c([N+](=O)[O-])c1. The Morgan fingerprint density at radius 1 is 1.10 bits per heavy atom. The zero-order chi connectivity index (χ0) is 22.4. The Kier molecular flexibility index (Phi) is 7.24. The molecule has 31 heavy (non-hydrogen) atoms. The molecule has 2 aromatic rings. The van der Waals surface area contributed by atoms with Crippen LogP contribution in [0.5, 0.6) is 5.75 Å². The molecule has 0 saturated carbocycles. The van der Waals surface area contributed by atoms with E-state index >= 15 is 0 Å². The normalized spacial score (nSPS) is 15.1. The van der Waals surface area contributed by atoms with Crippen LogP contribution in [0.1, 0.15) is 31.2 Å². The lowest BCUT2D eigenvalue weighted by Crippen LogP contribution is -2.31. The van der Waals surface area contributed by atoms with Crippen molar-refractivity contribution in [3.8, 4) is 5.75 Å². The van der Waals surface area contributed by atoms with E-state index in [9.17, 15) is 23.3 Å². The molecule has 3 rings (SSSR count). The van der Waals surface area contributed by atoms with Gasteiger partial charge in [-0.25, -0.2) is 8.42 Å². The third-order valence-corrected chi connectivity index (χ3v) is 6.92. The average Bonchev–Trinajstić information content (AvgIpc) is 3.03. The number of nitro benzene ring substituents is 1. The number of aryl methyl sites for hydroxylation is 1. The molecule has 2 aromatic carbocycles. The summed E-state index contributed by atoms with van der Waals surface area (Å²) in [6.07, 6.45) is 3.77. The predicted octanol–water partition coefficient (Wildman–Crippen LogP) is 3.49. The summed E-state index contributed by atoms with van der Waals surface area (Å²) in [4.78, 5) is 22.9. The van der Waals surface area contributed by atoms with Gasteiger partial charge in [0.15, 0.2) is 12.4 Å². The van der Waals surface area contributed by atoms with Crippen molar-refractivity contribution in [2.45, 2.75) is 37.5 Å². The van der Waals surface area contributed by atoms with E-state index in [-0.39, 0.29) is 16.3 Å². The molecule has 1 saturated heterocycles. The van der Waals surface area contributed by atoms with Crippen LogP contribution < -0.4 is 10.1 Å². The quantitative estimate of drug-likeness (QED) is 0.513. The minimum absolute atomic E-state index is 0.00430. The van der Waals surface area contributed by atoms with Crippen molar-refractivity contribution in [2.75, 3.05) is 25.0 Å². The van der Waals surface area contributed by atoms with Crippen LogP contribution in [0.25, 0.3) is 0 Å². The fourth-order valence-corrected chi connectivity index (χ4v) is 4.89. The molecule has 0 aliphatic carbocycles. The molecule has 1 amide bonds. The number of benzene rings is 2. The number of sulfonamides is 1. The maximum Gasteiger partial charge on any atom is 0.311 e. The molecule has 0 bridgehead atoms. The van der Waals surface area contributed by atoms with E-state index < -0.39 is 27.5 Å². The molecule has 0 aromatic heterocycles. The minimum atomic E-state index is -3.56. The van der Waals surface area contributed by atoms with Crippen molar-refractivity contribution in [2.24, 2.45) is 0 Å². The molecule has 0 spiro atoms. The predicted molar refractivity (Wildman–Crippen MR) is 116 cm³/mol. The van der Waals surface area contributed by atoms with Gasteiger partial charge in [-0.15, -0.1) is 0 Å². The first-order chi connectivity index (χ1) is 14.8. The molecule has 0 unspecified atom stereocenters. The Balaban J connectivity index is 1.61. The second kappa shape index (κ2) is 9.88. The summed E-state index contributed by atoms with van der Waals surface area (Å²) < 4.78 is 32.4. The van der Waals surface area contributed by atoms with E-state index in [2.05, 4.69) is 5.32 Å². The van der Waals surface area contributed by atoms with Gasteiger partial charge in [0.05, 0.1) is 9.82 Å². The monoisotopic (exact) mass is 447 g/mol. The summed E-state index contributed by atoms with van der Waals surface area (Å²) in [7, 11) is -3.56. The molecule has 1 heterocycles. The van der Waals surface area contributed by atoms with E-state index in [4.69, 9.17) is 4.74 Å². The molecule has 0 radical (unpaired) electrons. The molecule has 1 fully saturated rings. The van der Waals surface area contributed by atoms with E-state index in [1.165, 1.54) is 40.7 Å². The Bertz CT molecular complexity index is 1050. The van der Waals surface area contributed by atoms with Crippen molar-refractivity contribution in [3.05, 3.63) is 58.1 Å². The van der Waals surface area contributed by atoms with Crippen molar-refractivity contribution >= 4 is 27.3 Å². The number of hydrogen-bond acceptors (Lipinski definition) is 6. The highest BCUT2D eigenvalue weighted by Gasteiger charge is 2.25. The van der Waals surface area contributed by atoms with Gasteiger partial charge < -0.3 is 10.1 Å². The van der Waals surface area contributed by atoms with Crippen LogP contribution in [-0.2, 0) is 14.8 Å². The van der Waals surface area contributed by atoms with Gasteiger partial charge >= 0.3 is 5.69 Å². The van der Waals surface area contributed by atoms with Gasteiger partial charge in [0.1, 0.15) is 0 Å². The molecular formula is C21H25N3O6S. The molecule has 1 N–H and O–H groups in total. The molecule has 1 aliphatic rings. The van der Waals surface area contributed by atoms with Gasteiger partial charge in [0.25, 0.3) is 5.91 Å². The number of amides is 1. The topological polar surface area (TPSA) is 119 Å². The number of ether oxygens (including phenoxy) is 1. The van der Waals surface area contributed by atoms with Crippen LogP contribution in [-0.4, -0.2) is 43.2 Å². The van der Waals surface area contributed by atoms with E-state index in [1.807, 2.05) is 0 Å². The Morgan fingerprint density at radius 2 is 1.74 bits per heavy atom. The second-order valence-electron chi connectivity index (χ2n) is 7.41. The summed E-state index contributed by atoms with van der Waals surface area (Å²) in [6, 6.07) is 10.4. The average molecular weight is 448 g/mol. The van der Waals surface area contributed by atoms with E-state index in [0.717, 1.165) is 25.7 Å². The fraction of sp³-hybridized carbons (Fsp3) is 0.381. The standard InChI is InChI=1S/C21H25N3O6S/c1-16-6-11-20(19(14-16)24(26)27)30-15-21(25)22-17-7-9-18(10-8-17)31(28,29)23-12-4-2-3-5-13-23/h6-11,14H,2-5,12-13,15H2,1H3,(H,22,25). The van der Waals surface area contributed by atoms with Crippen LogP contribution in [0.15, 0.2) is 47.4 Å². The van der Waals surface area contributed by atoms with Crippen LogP contribution in [0.3, 0.4) is 0 Å². The van der Waals surface area contributed by atoms with Crippen molar-refractivity contribution in [3.63, 3.8) is 0 Å². The van der Waals surface area contributed by atoms with Crippen molar-refractivity contribution in [1.82, 2.24) is 4.31 Å². The molecule has 10 heteroatoms. The smallest absolute Gasteiger partial charge is 0.311 e. The van der Waals surface area contributed by atoms with Gasteiger partial charge in [0, 0.05) is 24.8 Å². The van der Waals surface area contributed by atoms with E-state index in [0.29, 0.717) is 24.3 Å². The van der Waals surface area contributed by atoms with Gasteiger partial charge in [-0.1, -0.05) is 18.9 Å². The summed E-state index contributed by atoms with van der Waals surface area (Å²) in [5.41, 5.74) is 0.899.